The zero-order chi connectivity index (χ0) is 29.6. The minimum atomic E-state index is -0.718. The molecule has 0 bridgehead atoms. The molecule has 3 unspecified atom stereocenters. The zero-order valence-electron chi connectivity index (χ0n) is 26.6. The Morgan fingerprint density at radius 3 is 2.15 bits per heavy atom. The Morgan fingerprint density at radius 2 is 1.59 bits per heavy atom. The molecule has 5 nitrogen and oxygen atoms in total. The van der Waals surface area contributed by atoms with E-state index >= 15 is 0 Å². The molecule has 7 atom stereocenters. The third-order valence-corrected chi connectivity index (χ3v) is 10.4. The number of fused-ring (bicyclic) bond motifs is 1. The monoisotopic (exact) mass is 549 g/mol. The van der Waals surface area contributed by atoms with Crippen molar-refractivity contribution < 1.29 is 20.4 Å². The van der Waals surface area contributed by atoms with Crippen molar-refractivity contribution in [2.45, 2.75) is 168 Å². The van der Waals surface area contributed by atoms with E-state index in [0.29, 0.717) is 31.1 Å². The summed E-state index contributed by atoms with van der Waals surface area (Å²) in [6.07, 6.45) is 15.6. The molecule has 0 radical (unpaired) electrons. The molecular formula is C34H63NO4. The van der Waals surface area contributed by atoms with E-state index in [9.17, 15) is 20.4 Å². The van der Waals surface area contributed by atoms with E-state index in [1.165, 1.54) is 18.4 Å². The van der Waals surface area contributed by atoms with Crippen molar-refractivity contribution in [1.82, 2.24) is 0 Å². The predicted octanol–water partition coefficient (Wildman–Crippen LogP) is 6.81. The highest BCUT2D eigenvalue weighted by atomic mass is 16.3. The highest BCUT2D eigenvalue weighted by Crippen LogP contribution is 2.61. The van der Waals surface area contributed by atoms with Gasteiger partial charge in [-0.25, -0.2) is 0 Å². The number of hydrogen-bond donors (Lipinski definition) is 5. The van der Waals surface area contributed by atoms with Crippen molar-refractivity contribution in [3.05, 3.63) is 23.3 Å². The van der Waals surface area contributed by atoms with Crippen LogP contribution in [0.5, 0.6) is 0 Å². The molecule has 0 aliphatic heterocycles. The van der Waals surface area contributed by atoms with Gasteiger partial charge in [0.05, 0.1) is 23.4 Å². The van der Waals surface area contributed by atoms with E-state index in [-0.39, 0.29) is 16.9 Å². The van der Waals surface area contributed by atoms with Crippen molar-refractivity contribution >= 4 is 0 Å². The first-order valence-corrected chi connectivity index (χ1v) is 16.0. The van der Waals surface area contributed by atoms with Crippen LogP contribution in [0.2, 0.25) is 0 Å². The highest BCUT2D eigenvalue weighted by molar-refractivity contribution is 5.27. The summed E-state index contributed by atoms with van der Waals surface area (Å²) in [4.78, 5) is 0. The number of aliphatic hydroxyl groups excluding tert-OH is 2. The molecular weight excluding hydrogens is 486 g/mol. The van der Waals surface area contributed by atoms with Crippen molar-refractivity contribution in [1.29, 1.82) is 0 Å². The predicted molar refractivity (Wildman–Crippen MR) is 163 cm³/mol. The van der Waals surface area contributed by atoms with Crippen LogP contribution in [0.4, 0.5) is 0 Å². The van der Waals surface area contributed by atoms with E-state index in [1.54, 1.807) is 0 Å². The lowest BCUT2D eigenvalue weighted by Crippen LogP contribution is -2.53. The van der Waals surface area contributed by atoms with Gasteiger partial charge in [-0.3, -0.25) is 0 Å². The Bertz CT molecular complexity index is 810. The molecule has 228 valence electrons. The first-order chi connectivity index (χ1) is 18.0. The number of nitrogens with two attached hydrogens (primary N) is 1. The Kier molecular flexibility index (Phi) is 12.3. The van der Waals surface area contributed by atoms with Gasteiger partial charge in [-0.1, -0.05) is 51.0 Å². The lowest BCUT2D eigenvalue weighted by molar-refractivity contribution is 0.00791. The molecule has 0 spiro atoms. The van der Waals surface area contributed by atoms with Crippen LogP contribution in [0.15, 0.2) is 23.3 Å². The summed E-state index contributed by atoms with van der Waals surface area (Å²) in [5, 5.41) is 41.1. The van der Waals surface area contributed by atoms with Gasteiger partial charge >= 0.3 is 0 Å². The second kappa shape index (κ2) is 14.0. The van der Waals surface area contributed by atoms with Gasteiger partial charge in [0, 0.05) is 5.54 Å². The molecule has 0 heterocycles. The van der Waals surface area contributed by atoms with Crippen LogP contribution in [0.1, 0.15) is 139 Å². The summed E-state index contributed by atoms with van der Waals surface area (Å²) in [5.41, 5.74) is 8.54. The fourth-order valence-corrected chi connectivity index (χ4v) is 7.88. The van der Waals surface area contributed by atoms with Crippen LogP contribution < -0.4 is 5.73 Å². The average Bonchev–Trinajstić information content (AvgIpc) is 3.18. The summed E-state index contributed by atoms with van der Waals surface area (Å²) < 4.78 is 0. The van der Waals surface area contributed by atoms with Crippen molar-refractivity contribution in [3.63, 3.8) is 0 Å². The normalized spacial score (nSPS) is 34.3. The maximum Gasteiger partial charge on any atom is 0.0617 e. The van der Waals surface area contributed by atoms with Gasteiger partial charge in [-0.05, 0) is 134 Å². The van der Waals surface area contributed by atoms with E-state index < -0.39 is 23.4 Å². The minimum absolute atomic E-state index is 0.148. The zero-order valence-corrected chi connectivity index (χ0v) is 26.6. The summed E-state index contributed by atoms with van der Waals surface area (Å²) in [6.45, 7) is 16.2. The Balaban J connectivity index is 0.00000260. The highest BCUT2D eigenvalue weighted by Gasteiger charge is 2.55. The van der Waals surface area contributed by atoms with Crippen LogP contribution in [-0.4, -0.2) is 49.4 Å². The van der Waals surface area contributed by atoms with Crippen molar-refractivity contribution in [2.75, 3.05) is 0 Å². The van der Waals surface area contributed by atoms with E-state index in [4.69, 9.17) is 5.73 Å². The second-order valence-electron chi connectivity index (χ2n) is 14.6. The van der Waals surface area contributed by atoms with E-state index in [1.807, 2.05) is 41.5 Å². The van der Waals surface area contributed by atoms with Crippen LogP contribution in [0, 0.1) is 23.2 Å². The first-order valence-electron chi connectivity index (χ1n) is 16.0. The standard InChI is InChI=1S/C32H57NO4.C2H6/c1-22(30(4,5)37)14-18-32(33,17-8-15-29(2,3)36)28-13-12-27-24(9-7-16-31(27,28)6)11-10-23-19-25(34)21-26(35)20-23;1-2/h10-11,22,25-28,34-37H,7-9,12-21,33H2,1-6H3;1-2H3/b23-10?,24-11+;/t22-,25-,26?,27+,28+,31?,32?;/m1./s1. The lowest BCUT2D eigenvalue weighted by Gasteiger charge is -2.50. The molecule has 0 aromatic carbocycles. The van der Waals surface area contributed by atoms with Crippen molar-refractivity contribution in [3.8, 4) is 0 Å². The van der Waals surface area contributed by atoms with Gasteiger partial charge in [0.25, 0.3) is 0 Å². The fraction of sp³-hybridized carbons (Fsp3) is 0.882. The number of rotatable bonds is 10. The smallest absolute Gasteiger partial charge is 0.0617 e. The van der Waals surface area contributed by atoms with Crippen LogP contribution in [0.25, 0.3) is 0 Å². The summed E-state index contributed by atoms with van der Waals surface area (Å²) in [6, 6.07) is 0. The molecule has 0 aromatic rings. The second-order valence-corrected chi connectivity index (χ2v) is 14.6. The SMILES string of the molecule is CC.C[C@H](CCC(N)(CCCC(C)(C)O)[C@H]1CC[C@H]2/C(=C/C=C3CC(O)C[C@H](O)C3)CCCC12C)C(C)(C)O. The Morgan fingerprint density at radius 1 is 0.974 bits per heavy atom. The van der Waals surface area contributed by atoms with Crippen LogP contribution in [-0.2, 0) is 0 Å². The maximum atomic E-state index is 10.6. The van der Waals surface area contributed by atoms with Gasteiger partial charge in [-0.15, -0.1) is 0 Å². The minimum Gasteiger partial charge on any atom is -0.393 e. The molecule has 0 saturated heterocycles. The largest absolute Gasteiger partial charge is 0.393 e. The van der Waals surface area contributed by atoms with Gasteiger partial charge in [0.1, 0.15) is 0 Å². The fourth-order valence-electron chi connectivity index (χ4n) is 7.88. The molecule has 0 aromatic heterocycles. The number of aliphatic hydroxyl groups is 4. The number of hydrogen-bond acceptors (Lipinski definition) is 5. The molecule has 0 amide bonds. The lowest BCUT2D eigenvalue weighted by atomic mass is 9.57. The summed E-state index contributed by atoms with van der Waals surface area (Å²) in [7, 11) is 0. The quantitative estimate of drug-likeness (QED) is 0.206. The number of allylic oxidation sites excluding steroid dienone is 3. The third-order valence-electron chi connectivity index (χ3n) is 10.4. The van der Waals surface area contributed by atoms with E-state index in [2.05, 4.69) is 26.0 Å². The summed E-state index contributed by atoms with van der Waals surface area (Å²) >= 11 is 0. The van der Waals surface area contributed by atoms with Crippen LogP contribution >= 0.6 is 0 Å². The molecule has 39 heavy (non-hydrogen) atoms. The summed E-state index contributed by atoms with van der Waals surface area (Å²) in [5.74, 6) is 1.10. The van der Waals surface area contributed by atoms with Gasteiger partial charge in [0.2, 0.25) is 0 Å². The molecule has 5 heteroatoms. The average molecular weight is 550 g/mol. The Hall–Kier alpha value is -0.720. The third kappa shape index (κ3) is 9.39. The van der Waals surface area contributed by atoms with Crippen LogP contribution in [0.3, 0.4) is 0 Å². The topological polar surface area (TPSA) is 107 Å². The maximum absolute atomic E-state index is 10.6. The molecule has 3 aliphatic rings. The molecule has 3 rings (SSSR count). The van der Waals surface area contributed by atoms with Gasteiger partial charge in [-0.2, -0.15) is 0 Å². The molecule has 3 saturated carbocycles. The van der Waals surface area contributed by atoms with Gasteiger partial charge in [0.15, 0.2) is 0 Å². The van der Waals surface area contributed by atoms with E-state index in [0.717, 1.165) is 56.9 Å². The molecule has 6 N–H and O–H groups in total. The Labute approximate surface area is 240 Å². The first kappa shape index (κ1) is 34.5. The van der Waals surface area contributed by atoms with Crippen molar-refractivity contribution in [2.24, 2.45) is 28.9 Å². The molecule has 3 aliphatic carbocycles. The van der Waals surface area contributed by atoms with Gasteiger partial charge < -0.3 is 26.2 Å². The molecule has 3 fully saturated rings.